The van der Waals surface area contributed by atoms with Crippen molar-refractivity contribution >= 4 is 5.78 Å². The molecule has 0 aromatic heterocycles. The Morgan fingerprint density at radius 2 is 1.80 bits per heavy atom. The molecule has 3 saturated heterocycles. The van der Waals surface area contributed by atoms with E-state index < -0.39 is 0 Å². The fraction of sp³-hybridized carbons (Fsp3) is 0.875. The standard InChI is InChI=1S/C8H11NO/c10-8-5-1-7-2-6(8)4-9(7)3-5/h5-7H,1-4H2. The average Bonchev–Trinajstić information content (AvgIpc) is 2.33. The zero-order valence-electron chi connectivity index (χ0n) is 5.92. The van der Waals surface area contributed by atoms with Crippen molar-refractivity contribution in [3.8, 4) is 0 Å². The van der Waals surface area contributed by atoms with Crippen LogP contribution in [-0.4, -0.2) is 29.8 Å². The molecule has 54 valence electrons. The molecule has 3 heterocycles. The lowest BCUT2D eigenvalue weighted by Gasteiger charge is -2.22. The maximum Gasteiger partial charge on any atom is 0.141 e. The van der Waals surface area contributed by atoms with Gasteiger partial charge in [0.1, 0.15) is 5.78 Å². The summed E-state index contributed by atoms with van der Waals surface area (Å²) in [6.07, 6.45) is 2.35. The van der Waals surface area contributed by atoms with Gasteiger partial charge in [-0.3, -0.25) is 9.69 Å². The van der Waals surface area contributed by atoms with Crippen LogP contribution in [0, 0.1) is 11.8 Å². The fourth-order valence-corrected chi connectivity index (χ4v) is 2.88. The molecule has 1 aliphatic carbocycles. The SMILES string of the molecule is O=C1C2CC3CC1CN3C2. The molecule has 1 saturated carbocycles. The molecule has 4 aliphatic rings. The first-order valence-electron chi connectivity index (χ1n) is 4.12. The first-order valence-corrected chi connectivity index (χ1v) is 4.12. The molecule has 2 nitrogen and oxygen atoms in total. The minimum absolute atomic E-state index is 0.442. The molecule has 4 rings (SSSR count). The second kappa shape index (κ2) is 1.45. The smallest absolute Gasteiger partial charge is 0.141 e. The summed E-state index contributed by atoms with van der Waals surface area (Å²) in [6, 6.07) is 0.799. The van der Waals surface area contributed by atoms with E-state index in [1.807, 2.05) is 0 Å². The van der Waals surface area contributed by atoms with E-state index in [4.69, 9.17) is 0 Å². The van der Waals surface area contributed by atoms with E-state index in [-0.39, 0.29) is 0 Å². The number of nitrogens with zero attached hydrogens (tertiary/aromatic N) is 1. The number of Topliss-reactive ketones (excluding diaryl/α,β-unsaturated/α-hetero) is 1. The molecule has 0 spiro atoms. The summed E-state index contributed by atoms with van der Waals surface area (Å²) in [5.41, 5.74) is 0. The van der Waals surface area contributed by atoms with Gasteiger partial charge < -0.3 is 0 Å². The highest BCUT2D eigenvalue weighted by atomic mass is 16.1. The Labute approximate surface area is 60.2 Å². The van der Waals surface area contributed by atoms with E-state index in [1.165, 1.54) is 12.8 Å². The number of hydrogen-bond donors (Lipinski definition) is 0. The quantitative estimate of drug-likeness (QED) is 0.478. The van der Waals surface area contributed by atoms with Crippen LogP contribution in [0.1, 0.15) is 12.8 Å². The number of rotatable bonds is 0. The van der Waals surface area contributed by atoms with Crippen LogP contribution in [0.3, 0.4) is 0 Å². The molecule has 2 atom stereocenters. The van der Waals surface area contributed by atoms with E-state index in [0.29, 0.717) is 17.6 Å². The van der Waals surface area contributed by atoms with Gasteiger partial charge >= 0.3 is 0 Å². The maximum absolute atomic E-state index is 11.4. The van der Waals surface area contributed by atoms with Gasteiger partial charge in [-0.2, -0.15) is 0 Å². The summed E-state index contributed by atoms with van der Waals surface area (Å²) in [7, 11) is 0. The van der Waals surface area contributed by atoms with Gasteiger partial charge in [-0.05, 0) is 12.8 Å². The summed E-state index contributed by atoms with van der Waals surface area (Å²) in [4.78, 5) is 13.9. The number of ketones is 1. The topological polar surface area (TPSA) is 20.3 Å². The van der Waals surface area contributed by atoms with Gasteiger partial charge in [0.2, 0.25) is 0 Å². The van der Waals surface area contributed by atoms with Crippen LogP contribution in [0.4, 0.5) is 0 Å². The van der Waals surface area contributed by atoms with Crippen molar-refractivity contribution in [2.24, 2.45) is 11.8 Å². The summed E-state index contributed by atoms with van der Waals surface area (Å²) < 4.78 is 0. The minimum atomic E-state index is 0.442. The highest BCUT2D eigenvalue weighted by molar-refractivity contribution is 5.86. The molecule has 0 aromatic rings. The first-order chi connectivity index (χ1) is 4.84. The van der Waals surface area contributed by atoms with Crippen LogP contribution >= 0.6 is 0 Å². The van der Waals surface area contributed by atoms with Crippen LogP contribution in [0.5, 0.6) is 0 Å². The van der Waals surface area contributed by atoms with Gasteiger partial charge in [-0.1, -0.05) is 0 Å². The van der Waals surface area contributed by atoms with E-state index in [9.17, 15) is 4.79 Å². The summed E-state index contributed by atoms with van der Waals surface area (Å²) in [6.45, 7) is 2.17. The molecule has 0 amide bonds. The van der Waals surface area contributed by atoms with Crippen molar-refractivity contribution in [3.63, 3.8) is 0 Å². The predicted molar refractivity (Wildman–Crippen MR) is 36.6 cm³/mol. The molecular formula is C8H11NO. The predicted octanol–water partition coefficient (Wildman–Crippen LogP) is 0.280. The van der Waals surface area contributed by atoms with Crippen LogP contribution in [-0.2, 0) is 4.79 Å². The highest BCUT2D eigenvalue weighted by Gasteiger charge is 2.51. The van der Waals surface area contributed by atoms with Gasteiger partial charge in [-0.25, -0.2) is 0 Å². The van der Waals surface area contributed by atoms with Crippen molar-refractivity contribution in [1.29, 1.82) is 0 Å². The molecule has 4 fully saturated rings. The van der Waals surface area contributed by atoms with E-state index in [1.54, 1.807) is 0 Å². The normalized spacial score (nSPS) is 56.6. The van der Waals surface area contributed by atoms with E-state index >= 15 is 0 Å². The van der Waals surface area contributed by atoms with Crippen molar-refractivity contribution in [3.05, 3.63) is 0 Å². The molecule has 4 bridgehead atoms. The summed E-state index contributed by atoms with van der Waals surface area (Å²) in [5.74, 6) is 1.46. The molecule has 2 unspecified atom stereocenters. The Morgan fingerprint density at radius 3 is 2.30 bits per heavy atom. The van der Waals surface area contributed by atoms with Gasteiger partial charge in [0.05, 0.1) is 0 Å². The lowest BCUT2D eigenvalue weighted by molar-refractivity contribution is -0.128. The molecular weight excluding hydrogens is 126 g/mol. The van der Waals surface area contributed by atoms with Gasteiger partial charge in [0.15, 0.2) is 0 Å². The van der Waals surface area contributed by atoms with Crippen molar-refractivity contribution in [2.75, 3.05) is 13.1 Å². The molecule has 0 aromatic carbocycles. The second-order valence-electron chi connectivity index (χ2n) is 3.88. The number of carbonyl (C=O) groups is 1. The third kappa shape index (κ3) is 0.439. The Hall–Kier alpha value is -0.370. The maximum atomic E-state index is 11.4. The van der Waals surface area contributed by atoms with Crippen LogP contribution in [0.2, 0.25) is 0 Å². The minimum Gasteiger partial charge on any atom is -0.299 e. The lowest BCUT2D eigenvalue weighted by atomic mass is 9.82. The Morgan fingerprint density at radius 1 is 1.20 bits per heavy atom. The van der Waals surface area contributed by atoms with Crippen LogP contribution < -0.4 is 0 Å². The number of carbonyl (C=O) groups excluding carboxylic acids is 1. The first kappa shape index (κ1) is 5.30. The number of hydrogen-bond acceptors (Lipinski definition) is 2. The highest BCUT2D eigenvalue weighted by Crippen LogP contribution is 2.42. The number of piperidine rings is 1. The second-order valence-corrected chi connectivity index (χ2v) is 3.88. The zero-order valence-corrected chi connectivity index (χ0v) is 5.92. The van der Waals surface area contributed by atoms with Gasteiger partial charge in [0, 0.05) is 31.0 Å². The summed E-state index contributed by atoms with van der Waals surface area (Å²) in [5, 5.41) is 0. The monoisotopic (exact) mass is 137 g/mol. The van der Waals surface area contributed by atoms with Crippen LogP contribution in [0.25, 0.3) is 0 Å². The van der Waals surface area contributed by atoms with Gasteiger partial charge in [0.25, 0.3) is 0 Å². The van der Waals surface area contributed by atoms with E-state index in [0.717, 1.165) is 19.1 Å². The molecule has 0 N–H and O–H groups in total. The van der Waals surface area contributed by atoms with Crippen LogP contribution in [0.15, 0.2) is 0 Å². The van der Waals surface area contributed by atoms with Crippen molar-refractivity contribution < 1.29 is 4.79 Å². The average molecular weight is 137 g/mol. The van der Waals surface area contributed by atoms with E-state index in [2.05, 4.69) is 4.90 Å². The molecule has 2 heteroatoms. The molecule has 10 heavy (non-hydrogen) atoms. The fourth-order valence-electron chi connectivity index (χ4n) is 2.88. The third-order valence-corrected chi connectivity index (χ3v) is 3.34. The van der Waals surface area contributed by atoms with Crippen molar-refractivity contribution in [1.82, 2.24) is 4.90 Å². The van der Waals surface area contributed by atoms with Gasteiger partial charge in [-0.15, -0.1) is 0 Å². The Bertz CT molecular complexity index is 169. The summed E-state index contributed by atoms with van der Waals surface area (Å²) >= 11 is 0. The molecule has 0 radical (unpaired) electrons. The third-order valence-electron chi connectivity index (χ3n) is 3.34. The Balaban J connectivity index is 2.05. The molecule has 3 aliphatic heterocycles. The zero-order chi connectivity index (χ0) is 6.72. The lowest BCUT2D eigenvalue weighted by Crippen LogP contribution is -2.35. The largest absolute Gasteiger partial charge is 0.299 e. The van der Waals surface area contributed by atoms with Crippen molar-refractivity contribution in [2.45, 2.75) is 18.9 Å². The Kier molecular flexibility index (Phi) is 0.768.